The van der Waals surface area contributed by atoms with Crippen LogP contribution >= 0.6 is 11.6 Å². The fourth-order valence-electron chi connectivity index (χ4n) is 3.59. The molecule has 8 nitrogen and oxygen atoms in total. The number of benzene rings is 3. The van der Waals surface area contributed by atoms with Crippen LogP contribution in [0.5, 0.6) is 5.75 Å². The molecule has 4 aromatic rings. The van der Waals surface area contributed by atoms with Crippen LogP contribution in [0.4, 0.5) is 5.69 Å². The fourth-order valence-corrected chi connectivity index (χ4v) is 3.85. The number of hydrogen-bond donors (Lipinski definition) is 2. The van der Waals surface area contributed by atoms with Gasteiger partial charge in [0.2, 0.25) is 0 Å². The van der Waals surface area contributed by atoms with Crippen molar-refractivity contribution >= 4 is 41.4 Å². The van der Waals surface area contributed by atoms with Crippen molar-refractivity contribution in [2.24, 2.45) is 5.10 Å². The Balaban J connectivity index is 1.50. The number of rotatable bonds is 9. The van der Waals surface area contributed by atoms with E-state index in [4.69, 9.17) is 20.8 Å². The predicted octanol–water partition coefficient (Wildman–Crippen LogP) is 5.60. The van der Waals surface area contributed by atoms with Gasteiger partial charge in [-0.15, -0.1) is 0 Å². The molecule has 0 radical (unpaired) electrons. The van der Waals surface area contributed by atoms with Crippen molar-refractivity contribution in [2.75, 3.05) is 26.1 Å². The highest BCUT2D eigenvalue weighted by atomic mass is 35.5. The summed E-state index contributed by atoms with van der Waals surface area (Å²) in [5.41, 5.74) is 5.41. The molecule has 0 unspecified atom stereocenters. The molecular formula is C30H27ClN4O4. The average molecular weight is 543 g/mol. The second-order valence-corrected chi connectivity index (χ2v) is 9.02. The van der Waals surface area contributed by atoms with E-state index in [0.717, 1.165) is 16.8 Å². The molecule has 0 aliphatic rings. The number of anilines is 1. The number of ether oxygens (including phenoxy) is 1. The Kier molecular flexibility index (Phi) is 8.81. The normalized spacial score (nSPS) is 11.3. The minimum absolute atomic E-state index is 0.0339. The monoisotopic (exact) mass is 542 g/mol. The zero-order valence-electron chi connectivity index (χ0n) is 21.6. The van der Waals surface area contributed by atoms with E-state index in [0.29, 0.717) is 27.9 Å². The lowest BCUT2D eigenvalue weighted by atomic mass is 10.1. The number of hydrazone groups is 1. The minimum atomic E-state index is -0.596. The van der Waals surface area contributed by atoms with E-state index in [-0.39, 0.29) is 5.70 Å². The third-order valence-corrected chi connectivity index (χ3v) is 5.97. The van der Waals surface area contributed by atoms with E-state index >= 15 is 0 Å². The molecule has 1 heterocycles. The summed E-state index contributed by atoms with van der Waals surface area (Å²) in [6.07, 6.45) is 2.96. The SMILES string of the molecule is COc1ccc(-c2ccc(C=NNC(=O)C(=Cc3ccc(N(C)C)cc3)NC(=O)c3ccccc3)o2)cc1Cl. The van der Waals surface area contributed by atoms with E-state index in [2.05, 4.69) is 15.8 Å². The van der Waals surface area contributed by atoms with Gasteiger partial charge in [0.05, 0.1) is 18.3 Å². The third kappa shape index (κ3) is 7.15. The van der Waals surface area contributed by atoms with Crippen LogP contribution in [-0.2, 0) is 4.79 Å². The van der Waals surface area contributed by atoms with Crippen LogP contribution in [0.1, 0.15) is 21.7 Å². The molecule has 0 bridgehead atoms. The van der Waals surface area contributed by atoms with Gasteiger partial charge in [0, 0.05) is 30.9 Å². The summed E-state index contributed by atoms with van der Waals surface area (Å²) in [6.45, 7) is 0. The van der Waals surface area contributed by atoms with Gasteiger partial charge in [0.1, 0.15) is 23.0 Å². The van der Waals surface area contributed by atoms with Gasteiger partial charge in [-0.25, -0.2) is 5.43 Å². The minimum Gasteiger partial charge on any atom is -0.495 e. The van der Waals surface area contributed by atoms with Crippen LogP contribution in [0.25, 0.3) is 17.4 Å². The van der Waals surface area contributed by atoms with Gasteiger partial charge >= 0.3 is 0 Å². The first-order chi connectivity index (χ1) is 18.8. The van der Waals surface area contributed by atoms with Crippen LogP contribution in [0.2, 0.25) is 5.02 Å². The largest absolute Gasteiger partial charge is 0.495 e. The first-order valence-electron chi connectivity index (χ1n) is 12.0. The topological polar surface area (TPSA) is 96.2 Å². The molecule has 9 heteroatoms. The highest BCUT2D eigenvalue weighted by Crippen LogP contribution is 2.30. The van der Waals surface area contributed by atoms with Gasteiger partial charge in [-0.3, -0.25) is 9.59 Å². The van der Waals surface area contributed by atoms with Gasteiger partial charge in [-0.2, -0.15) is 5.10 Å². The van der Waals surface area contributed by atoms with Crippen molar-refractivity contribution in [1.82, 2.24) is 10.7 Å². The summed E-state index contributed by atoms with van der Waals surface area (Å²) in [5.74, 6) is 0.536. The molecule has 198 valence electrons. The third-order valence-electron chi connectivity index (χ3n) is 5.67. The molecule has 3 aromatic carbocycles. The molecule has 0 aliphatic carbocycles. The summed E-state index contributed by atoms with van der Waals surface area (Å²) >= 11 is 6.21. The van der Waals surface area contributed by atoms with Crippen molar-refractivity contribution in [1.29, 1.82) is 0 Å². The van der Waals surface area contributed by atoms with Crippen molar-refractivity contribution in [3.63, 3.8) is 0 Å². The Morgan fingerprint density at radius 3 is 2.38 bits per heavy atom. The van der Waals surface area contributed by atoms with Crippen LogP contribution in [0.15, 0.2) is 100 Å². The molecule has 0 fully saturated rings. The lowest BCUT2D eigenvalue weighted by molar-refractivity contribution is -0.117. The molecule has 0 atom stereocenters. The van der Waals surface area contributed by atoms with Gasteiger partial charge in [-0.1, -0.05) is 41.9 Å². The van der Waals surface area contributed by atoms with E-state index in [9.17, 15) is 9.59 Å². The lowest BCUT2D eigenvalue weighted by Gasteiger charge is -2.12. The molecule has 39 heavy (non-hydrogen) atoms. The summed E-state index contributed by atoms with van der Waals surface area (Å²) in [5, 5.41) is 7.16. The smallest absolute Gasteiger partial charge is 0.287 e. The number of nitrogens with one attached hydrogen (secondary N) is 2. The molecule has 4 rings (SSSR count). The maximum absolute atomic E-state index is 13.0. The summed E-state index contributed by atoms with van der Waals surface area (Å²) in [4.78, 5) is 27.8. The van der Waals surface area contributed by atoms with Crippen LogP contribution in [-0.4, -0.2) is 39.2 Å². The summed E-state index contributed by atoms with van der Waals surface area (Å²) in [6, 6.07) is 25.0. The molecule has 2 amide bonds. The van der Waals surface area contributed by atoms with Gasteiger partial charge in [-0.05, 0) is 66.2 Å². The molecular weight excluding hydrogens is 516 g/mol. The Morgan fingerprint density at radius 1 is 0.974 bits per heavy atom. The molecule has 1 aromatic heterocycles. The van der Waals surface area contributed by atoms with Gasteiger partial charge in [0.25, 0.3) is 11.8 Å². The Bertz CT molecular complexity index is 1510. The average Bonchev–Trinajstić information content (AvgIpc) is 3.42. The van der Waals surface area contributed by atoms with Crippen molar-refractivity contribution in [2.45, 2.75) is 0 Å². The van der Waals surface area contributed by atoms with E-state index in [1.807, 2.05) is 55.4 Å². The predicted molar refractivity (Wildman–Crippen MR) is 154 cm³/mol. The fraction of sp³-hybridized carbons (Fsp3) is 0.100. The highest BCUT2D eigenvalue weighted by molar-refractivity contribution is 6.32. The van der Waals surface area contributed by atoms with E-state index in [1.165, 1.54) is 6.21 Å². The second-order valence-electron chi connectivity index (χ2n) is 8.61. The van der Waals surface area contributed by atoms with Crippen molar-refractivity contribution < 1.29 is 18.7 Å². The summed E-state index contributed by atoms with van der Waals surface area (Å²) < 4.78 is 11.0. The molecule has 0 spiro atoms. The van der Waals surface area contributed by atoms with Crippen LogP contribution in [0.3, 0.4) is 0 Å². The lowest BCUT2D eigenvalue weighted by Crippen LogP contribution is -2.32. The zero-order valence-corrected chi connectivity index (χ0v) is 22.4. The first-order valence-corrected chi connectivity index (χ1v) is 12.3. The molecule has 0 aliphatic heterocycles. The first kappa shape index (κ1) is 27.2. The van der Waals surface area contributed by atoms with Crippen LogP contribution in [0, 0.1) is 0 Å². The Morgan fingerprint density at radius 2 is 1.72 bits per heavy atom. The number of furan rings is 1. The van der Waals surface area contributed by atoms with E-state index in [1.54, 1.807) is 61.7 Å². The number of nitrogens with zero attached hydrogens (tertiary/aromatic N) is 2. The molecule has 2 N–H and O–H groups in total. The number of halogens is 1. The molecule has 0 saturated heterocycles. The number of carbonyl (C=O) groups is 2. The number of amides is 2. The number of methoxy groups -OCH3 is 1. The maximum atomic E-state index is 13.0. The quantitative estimate of drug-likeness (QED) is 0.163. The highest BCUT2D eigenvalue weighted by Gasteiger charge is 2.15. The van der Waals surface area contributed by atoms with Gasteiger partial charge < -0.3 is 19.4 Å². The standard InChI is InChI=1S/C30H27ClN4O4/c1-35(2)23-12-9-20(10-13-23)17-26(33-29(36)21-7-5-4-6-8-21)30(37)34-32-19-24-14-16-27(39-24)22-11-15-28(38-3)25(31)18-22/h4-19H,1-3H3,(H,33,36)(H,34,37). The number of hydrogen-bond acceptors (Lipinski definition) is 6. The van der Waals surface area contributed by atoms with Gasteiger partial charge in [0.15, 0.2) is 0 Å². The zero-order chi connectivity index (χ0) is 27.8. The summed E-state index contributed by atoms with van der Waals surface area (Å²) in [7, 11) is 5.43. The second kappa shape index (κ2) is 12.6. The van der Waals surface area contributed by atoms with Crippen molar-refractivity contribution in [3.05, 3.63) is 113 Å². The van der Waals surface area contributed by atoms with E-state index < -0.39 is 11.8 Å². The Hall–Kier alpha value is -4.82. The van der Waals surface area contributed by atoms with Crippen LogP contribution < -0.4 is 20.4 Å². The van der Waals surface area contributed by atoms with Crippen molar-refractivity contribution in [3.8, 4) is 17.1 Å². The Labute approximate surface area is 231 Å². The molecule has 0 saturated carbocycles. The maximum Gasteiger partial charge on any atom is 0.287 e. The number of carbonyl (C=O) groups excluding carboxylic acids is 2.